The van der Waals surface area contributed by atoms with Crippen LogP contribution in [0.2, 0.25) is 5.15 Å². The van der Waals surface area contributed by atoms with Gasteiger partial charge in [0.05, 0.1) is 19.9 Å². The monoisotopic (exact) mass is 533 g/mol. The van der Waals surface area contributed by atoms with Crippen molar-refractivity contribution in [3.05, 3.63) is 65.1 Å². The molecule has 11 nitrogen and oxygen atoms in total. The zero-order valence-electron chi connectivity index (χ0n) is 19.8. The first kappa shape index (κ1) is 25.5. The number of hydrogen-bond donors (Lipinski definition) is 2. The number of aliphatic hydroxyl groups is 1. The molecule has 0 saturated carbocycles. The predicted molar refractivity (Wildman–Crippen MR) is 133 cm³/mol. The van der Waals surface area contributed by atoms with Crippen molar-refractivity contribution in [2.75, 3.05) is 18.9 Å². The van der Waals surface area contributed by atoms with E-state index in [1.165, 1.54) is 37.8 Å². The maximum Gasteiger partial charge on any atom is 0.243 e. The number of pyridine rings is 1. The summed E-state index contributed by atoms with van der Waals surface area (Å²) in [4.78, 5) is 4.02. The van der Waals surface area contributed by atoms with Gasteiger partial charge in [0, 0.05) is 0 Å². The molecule has 2 N–H and O–H groups in total. The van der Waals surface area contributed by atoms with Crippen LogP contribution in [0.3, 0.4) is 0 Å². The van der Waals surface area contributed by atoms with Gasteiger partial charge >= 0.3 is 0 Å². The van der Waals surface area contributed by atoms with Gasteiger partial charge in [0.15, 0.2) is 5.76 Å². The fraction of sp³-hybridized carbons (Fsp3) is 0.261. The predicted octanol–water partition coefficient (Wildman–Crippen LogP) is 3.77. The number of rotatable bonds is 9. The number of nitrogens with one attached hydrogen (secondary N) is 1. The number of aromatic nitrogens is 4. The largest absolute Gasteiger partial charge is 0.494 e. The Balaban J connectivity index is 1.82. The fourth-order valence-corrected chi connectivity index (χ4v) is 4.77. The number of sulfonamides is 1. The van der Waals surface area contributed by atoms with Crippen LogP contribution in [0.1, 0.15) is 24.5 Å². The third kappa shape index (κ3) is 4.87. The lowest BCUT2D eigenvalue weighted by atomic mass is 10.2. The maximum atomic E-state index is 13.3. The van der Waals surface area contributed by atoms with E-state index in [2.05, 4.69) is 19.9 Å². The number of furan rings is 1. The van der Waals surface area contributed by atoms with Crippen molar-refractivity contribution >= 4 is 27.6 Å². The van der Waals surface area contributed by atoms with Crippen molar-refractivity contribution in [2.24, 2.45) is 0 Å². The normalized spacial score (nSPS) is 13.3. The topological polar surface area (TPSA) is 142 Å². The average Bonchev–Trinajstić information content (AvgIpc) is 3.47. The molecule has 4 aromatic rings. The second kappa shape index (κ2) is 10.2. The van der Waals surface area contributed by atoms with Gasteiger partial charge in [-0.1, -0.05) is 23.7 Å². The molecular formula is C23H24ClN5O6S. The molecule has 3 heterocycles. The SMILES string of the molecule is COc1cccc(OC)c1-n1c(NS(=O)(=O)[C@@H](C)[C@H](O)c2cccc(Cl)n2)nnc1-c1ccc(C)o1. The summed E-state index contributed by atoms with van der Waals surface area (Å²) in [5.41, 5.74) is 0.457. The van der Waals surface area contributed by atoms with Crippen LogP contribution in [0, 0.1) is 6.92 Å². The standard InChI is InChI=1S/C23H24ClN5O6S/c1-13-11-12-18(35-13)22-26-27-23(29(22)20-16(33-3)8-6-9-17(20)34-4)28-36(31,32)14(2)21(30)15-7-5-10-19(24)25-15/h5-12,14,21,30H,1-4H3,(H,27,28)/t14-,21-/m0/s1. The third-order valence-corrected chi connectivity index (χ3v) is 7.37. The fourth-order valence-electron chi connectivity index (χ4n) is 3.55. The number of halogens is 1. The van der Waals surface area contributed by atoms with E-state index in [4.69, 9.17) is 25.5 Å². The highest BCUT2D eigenvalue weighted by atomic mass is 35.5. The van der Waals surface area contributed by atoms with Crippen molar-refractivity contribution in [2.45, 2.75) is 25.2 Å². The summed E-state index contributed by atoms with van der Waals surface area (Å²) in [7, 11) is -1.28. The molecule has 0 saturated heterocycles. The van der Waals surface area contributed by atoms with Crippen LogP contribution in [0.5, 0.6) is 11.5 Å². The van der Waals surface area contributed by atoms with Crippen molar-refractivity contribution in [1.82, 2.24) is 19.7 Å². The molecule has 0 fully saturated rings. The number of benzene rings is 1. The molecule has 0 spiro atoms. The summed E-state index contributed by atoms with van der Waals surface area (Å²) in [6.45, 7) is 3.11. The number of anilines is 1. The highest BCUT2D eigenvalue weighted by Crippen LogP contribution is 2.38. The maximum absolute atomic E-state index is 13.3. The van der Waals surface area contributed by atoms with Crippen LogP contribution >= 0.6 is 11.6 Å². The minimum absolute atomic E-state index is 0.111. The Morgan fingerprint density at radius 2 is 1.72 bits per heavy atom. The number of nitrogens with zero attached hydrogens (tertiary/aromatic N) is 4. The van der Waals surface area contributed by atoms with E-state index in [1.807, 2.05) is 0 Å². The molecule has 0 radical (unpaired) electrons. The molecule has 36 heavy (non-hydrogen) atoms. The molecular weight excluding hydrogens is 510 g/mol. The molecule has 190 valence electrons. The molecule has 3 aromatic heterocycles. The first-order valence-corrected chi connectivity index (χ1v) is 12.6. The van der Waals surface area contributed by atoms with Crippen molar-refractivity contribution in [3.63, 3.8) is 0 Å². The number of para-hydroxylation sites is 1. The summed E-state index contributed by atoms with van der Waals surface area (Å²) >= 11 is 5.90. The highest BCUT2D eigenvalue weighted by Gasteiger charge is 2.33. The number of ether oxygens (including phenoxy) is 2. The van der Waals surface area contributed by atoms with Crippen LogP contribution in [-0.2, 0) is 10.0 Å². The van der Waals surface area contributed by atoms with Gasteiger partial charge < -0.3 is 19.0 Å². The van der Waals surface area contributed by atoms with Crippen LogP contribution in [-0.4, -0.2) is 52.7 Å². The Morgan fingerprint density at radius 1 is 1.06 bits per heavy atom. The van der Waals surface area contributed by atoms with Crippen molar-refractivity contribution < 1.29 is 27.4 Å². The first-order valence-electron chi connectivity index (χ1n) is 10.7. The quantitative estimate of drug-likeness (QED) is 0.307. The third-order valence-electron chi connectivity index (χ3n) is 5.46. The van der Waals surface area contributed by atoms with E-state index in [0.717, 1.165) is 0 Å². The highest BCUT2D eigenvalue weighted by molar-refractivity contribution is 7.93. The van der Waals surface area contributed by atoms with Crippen molar-refractivity contribution in [1.29, 1.82) is 0 Å². The lowest BCUT2D eigenvalue weighted by Crippen LogP contribution is -2.32. The molecule has 0 amide bonds. The summed E-state index contributed by atoms with van der Waals surface area (Å²) in [6.07, 6.45) is -1.47. The molecule has 0 aliphatic rings. The smallest absolute Gasteiger partial charge is 0.243 e. The summed E-state index contributed by atoms with van der Waals surface area (Å²) in [5.74, 6) is 1.74. The minimum Gasteiger partial charge on any atom is -0.494 e. The van der Waals surface area contributed by atoms with Gasteiger partial charge in [-0.2, -0.15) is 0 Å². The number of aliphatic hydroxyl groups excluding tert-OH is 1. The molecule has 2 atom stereocenters. The van der Waals surface area contributed by atoms with E-state index in [9.17, 15) is 13.5 Å². The van der Waals surface area contributed by atoms with Gasteiger partial charge in [-0.05, 0) is 50.2 Å². The number of aryl methyl sites for hydroxylation is 1. The van der Waals surface area contributed by atoms with Crippen LogP contribution in [0.25, 0.3) is 17.3 Å². The summed E-state index contributed by atoms with van der Waals surface area (Å²) in [6, 6.07) is 13.1. The Labute approximate surface area is 212 Å². The lowest BCUT2D eigenvalue weighted by molar-refractivity contribution is 0.171. The second-order valence-corrected chi connectivity index (χ2v) is 10.2. The van der Waals surface area contributed by atoms with E-state index >= 15 is 0 Å². The van der Waals surface area contributed by atoms with Gasteiger partial charge in [-0.25, -0.2) is 13.4 Å². The van der Waals surface area contributed by atoms with Crippen LogP contribution in [0.4, 0.5) is 5.95 Å². The molecule has 0 aliphatic heterocycles. The Kier molecular flexibility index (Phi) is 7.20. The van der Waals surface area contributed by atoms with E-state index in [0.29, 0.717) is 28.7 Å². The van der Waals surface area contributed by atoms with Crippen LogP contribution < -0.4 is 14.2 Å². The van der Waals surface area contributed by atoms with Gasteiger partial charge in [0.25, 0.3) is 0 Å². The van der Waals surface area contributed by atoms with Gasteiger partial charge in [-0.15, -0.1) is 10.2 Å². The zero-order chi connectivity index (χ0) is 26.0. The zero-order valence-corrected chi connectivity index (χ0v) is 21.4. The molecule has 1 aromatic carbocycles. The lowest BCUT2D eigenvalue weighted by Gasteiger charge is -2.21. The summed E-state index contributed by atoms with van der Waals surface area (Å²) < 4.78 is 47.3. The number of hydrogen-bond acceptors (Lipinski definition) is 9. The molecule has 0 bridgehead atoms. The minimum atomic E-state index is -4.23. The number of methoxy groups -OCH3 is 2. The van der Waals surface area contributed by atoms with E-state index in [-0.39, 0.29) is 22.6 Å². The second-order valence-electron chi connectivity index (χ2n) is 7.79. The molecule has 13 heteroatoms. The molecule has 0 unspecified atom stereocenters. The van der Waals surface area contributed by atoms with Gasteiger partial charge in [0.1, 0.15) is 39.5 Å². The Morgan fingerprint density at radius 3 is 2.31 bits per heavy atom. The van der Waals surface area contributed by atoms with E-state index < -0.39 is 21.4 Å². The van der Waals surface area contributed by atoms with Crippen molar-refractivity contribution in [3.8, 4) is 28.8 Å². The van der Waals surface area contributed by atoms with E-state index in [1.54, 1.807) is 43.3 Å². The van der Waals surface area contributed by atoms with Gasteiger partial charge in [0.2, 0.25) is 21.8 Å². The van der Waals surface area contributed by atoms with Gasteiger partial charge in [-0.3, -0.25) is 9.29 Å². The average molecular weight is 534 g/mol. The Hall–Kier alpha value is -3.61. The van der Waals surface area contributed by atoms with Crippen LogP contribution in [0.15, 0.2) is 52.9 Å². The Bertz CT molecular complexity index is 1460. The summed E-state index contributed by atoms with van der Waals surface area (Å²) in [5, 5.41) is 17.8. The molecule has 0 aliphatic carbocycles. The molecule has 4 rings (SSSR count). The first-order chi connectivity index (χ1) is 17.2.